The Kier molecular flexibility index (Phi) is 1.89. The fourth-order valence-electron chi connectivity index (χ4n) is 1.08. The molecule has 0 saturated carbocycles. The van der Waals surface area contributed by atoms with E-state index in [4.69, 9.17) is 9.47 Å². The average molecular weight is 212 g/mol. The molecule has 11 heavy (non-hydrogen) atoms. The minimum atomic E-state index is 0.392. The molecule has 0 aliphatic carbocycles. The van der Waals surface area contributed by atoms with Crippen molar-refractivity contribution in [1.82, 2.24) is 0 Å². The zero-order valence-electron chi connectivity index (χ0n) is 6.04. The van der Waals surface area contributed by atoms with Crippen molar-refractivity contribution in [3.63, 3.8) is 0 Å². The summed E-state index contributed by atoms with van der Waals surface area (Å²) in [6.45, 7) is 1.08. The summed E-state index contributed by atoms with van der Waals surface area (Å²) in [5.74, 6) is 0.984. The fraction of sp³-hybridized carbons (Fsp3) is 0.250. The quantitative estimate of drug-likeness (QED) is 0.555. The Morgan fingerprint density at radius 1 is 1.36 bits per heavy atom. The van der Waals surface area contributed by atoms with Gasteiger partial charge in [-0.2, -0.15) is 0 Å². The first-order chi connectivity index (χ1) is 5.36. The van der Waals surface area contributed by atoms with Crippen molar-refractivity contribution in [2.24, 2.45) is 0 Å². The molecule has 1 aromatic carbocycles. The van der Waals surface area contributed by atoms with Crippen molar-refractivity contribution >= 4 is 21.2 Å². The molecule has 1 aliphatic rings. The molecule has 1 unspecified atom stereocenters. The third kappa shape index (κ3) is 1.42. The van der Waals surface area contributed by atoms with E-state index >= 15 is 0 Å². The second-order valence-corrected chi connectivity index (χ2v) is 3.88. The third-order valence-electron chi connectivity index (χ3n) is 1.65. The third-order valence-corrected chi connectivity index (χ3v) is 2.40. The molecule has 2 nitrogen and oxygen atoms in total. The fourth-order valence-corrected chi connectivity index (χ4v) is 1.60. The van der Waals surface area contributed by atoms with Gasteiger partial charge in [0.25, 0.3) is 0 Å². The van der Waals surface area contributed by atoms with Crippen molar-refractivity contribution in [2.45, 2.75) is 6.61 Å². The molecule has 1 heterocycles. The summed E-state index contributed by atoms with van der Waals surface area (Å²) in [7, 11) is 0. The molecular formula is C8H9AsO2. The van der Waals surface area contributed by atoms with Crippen LogP contribution in [0.2, 0.25) is 0 Å². The second-order valence-electron chi connectivity index (χ2n) is 2.48. The van der Waals surface area contributed by atoms with Crippen LogP contribution in [0.25, 0.3) is 0 Å². The molecule has 0 saturated heterocycles. The zero-order valence-corrected chi connectivity index (χ0v) is 8.46. The first-order valence-electron chi connectivity index (χ1n) is 3.45. The number of hydrogen-bond acceptors (Lipinski definition) is 2. The van der Waals surface area contributed by atoms with E-state index < -0.39 is 0 Å². The van der Waals surface area contributed by atoms with Gasteiger partial charge in [0.2, 0.25) is 0 Å². The number of rotatable bonds is 0. The van der Waals surface area contributed by atoms with Gasteiger partial charge >= 0.3 is 73.6 Å². The minimum absolute atomic E-state index is 0.392. The second kappa shape index (κ2) is 2.88. The molecular weight excluding hydrogens is 203 g/mol. The average Bonchev–Trinajstić information content (AvgIpc) is 2.04. The summed E-state index contributed by atoms with van der Waals surface area (Å²) < 4.78 is 11.7. The molecule has 3 heteroatoms. The Bertz CT molecular complexity index is 273. The van der Waals surface area contributed by atoms with Crippen LogP contribution in [-0.2, 0) is 11.3 Å². The Morgan fingerprint density at radius 2 is 2.27 bits per heavy atom. The van der Waals surface area contributed by atoms with Gasteiger partial charge in [-0.25, -0.2) is 0 Å². The monoisotopic (exact) mass is 212 g/mol. The van der Waals surface area contributed by atoms with Gasteiger partial charge in [0.15, 0.2) is 0 Å². The number of fused-ring (bicyclic) bond motifs is 1. The van der Waals surface area contributed by atoms with Gasteiger partial charge in [0.05, 0.1) is 0 Å². The van der Waals surface area contributed by atoms with Crippen molar-refractivity contribution in [2.75, 3.05) is 6.79 Å². The van der Waals surface area contributed by atoms with Gasteiger partial charge in [0.1, 0.15) is 0 Å². The number of ether oxygens (including phenoxy) is 2. The van der Waals surface area contributed by atoms with Crippen molar-refractivity contribution < 1.29 is 9.47 Å². The topological polar surface area (TPSA) is 18.5 Å². The molecule has 0 spiro atoms. The van der Waals surface area contributed by atoms with Gasteiger partial charge in [-0.05, 0) is 0 Å². The summed E-state index contributed by atoms with van der Waals surface area (Å²) in [5.41, 5.74) is 1.15. The van der Waals surface area contributed by atoms with Crippen LogP contribution < -0.4 is 9.09 Å². The maximum absolute atomic E-state index is 5.29. The summed E-state index contributed by atoms with van der Waals surface area (Å²) in [6, 6.07) is 6.22. The molecule has 0 N–H and O–H groups in total. The van der Waals surface area contributed by atoms with Crippen LogP contribution in [0.4, 0.5) is 0 Å². The van der Waals surface area contributed by atoms with E-state index in [1.165, 1.54) is 4.35 Å². The summed E-state index contributed by atoms with van der Waals surface area (Å²) >= 11 is 1.62. The first-order valence-corrected chi connectivity index (χ1v) is 4.66. The van der Waals surface area contributed by atoms with E-state index in [1.54, 1.807) is 16.9 Å². The van der Waals surface area contributed by atoms with Gasteiger partial charge in [-0.3, -0.25) is 0 Å². The van der Waals surface area contributed by atoms with Gasteiger partial charge in [-0.15, -0.1) is 0 Å². The van der Waals surface area contributed by atoms with Crippen molar-refractivity contribution in [3.8, 4) is 5.75 Å². The van der Waals surface area contributed by atoms with E-state index in [0.29, 0.717) is 13.4 Å². The Balaban J connectivity index is 2.43. The summed E-state index contributed by atoms with van der Waals surface area (Å²) in [5, 5.41) is 0. The van der Waals surface area contributed by atoms with Gasteiger partial charge in [0, 0.05) is 0 Å². The predicted molar refractivity (Wildman–Crippen MR) is 44.9 cm³/mol. The van der Waals surface area contributed by atoms with E-state index in [2.05, 4.69) is 18.2 Å². The van der Waals surface area contributed by atoms with Crippen molar-refractivity contribution in [1.29, 1.82) is 0 Å². The standard InChI is InChI=1S/C8H9AsO2/c9-7-2-1-6-4-10-5-11-8(6)3-7/h1-3H,4-5,9H2. The van der Waals surface area contributed by atoms with Crippen LogP contribution in [-0.4, -0.2) is 23.6 Å². The van der Waals surface area contributed by atoms with Crippen LogP contribution >= 0.6 is 0 Å². The molecule has 2 rings (SSSR count). The normalized spacial score (nSPS) is 15.4. The Hall–Kier alpha value is -0.462. The van der Waals surface area contributed by atoms with Gasteiger partial charge < -0.3 is 0 Å². The molecule has 0 amide bonds. The van der Waals surface area contributed by atoms with Crippen LogP contribution in [0.3, 0.4) is 0 Å². The molecule has 0 aromatic heterocycles. The van der Waals surface area contributed by atoms with Crippen LogP contribution in [0.5, 0.6) is 5.75 Å². The van der Waals surface area contributed by atoms with E-state index in [1.807, 2.05) is 0 Å². The molecule has 1 atom stereocenters. The van der Waals surface area contributed by atoms with E-state index in [9.17, 15) is 0 Å². The molecule has 0 bridgehead atoms. The summed E-state index contributed by atoms with van der Waals surface area (Å²) in [6.07, 6.45) is 0. The number of benzene rings is 1. The van der Waals surface area contributed by atoms with Crippen LogP contribution in [0, 0.1) is 0 Å². The van der Waals surface area contributed by atoms with Crippen LogP contribution in [0.15, 0.2) is 18.2 Å². The summed E-state index contributed by atoms with van der Waals surface area (Å²) in [4.78, 5) is 0. The first kappa shape index (κ1) is 7.20. The maximum atomic E-state index is 5.29. The molecule has 1 aliphatic heterocycles. The molecule has 58 valence electrons. The molecule has 0 fully saturated rings. The zero-order chi connectivity index (χ0) is 7.68. The predicted octanol–water partition coefficient (Wildman–Crippen LogP) is -0.189. The Morgan fingerprint density at radius 3 is 3.18 bits per heavy atom. The SMILES string of the molecule is [AsH2]c1ccc2c(c1)OCOC2. The molecule has 0 radical (unpaired) electrons. The van der Waals surface area contributed by atoms with E-state index in [0.717, 1.165) is 11.3 Å². The molecule has 1 aromatic rings. The van der Waals surface area contributed by atoms with Gasteiger partial charge in [-0.1, -0.05) is 0 Å². The number of hydrogen-bond donors (Lipinski definition) is 0. The van der Waals surface area contributed by atoms with Crippen LogP contribution in [0.1, 0.15) is 5.56 Å². The Labute approximate surface area is 74.0 Å². The van der Waals surface area contributed by atoms with Crippen molar-refractivity contribution in [3.05, 3.63) is 23.8 Å². The van der Waals surface area contributed by atoms with E-state index in [-0.39, 0.29) is 0 Å².